The number of para-hydroxylation sites is 1. The predicted molar refractivity (Wildman–Crippen MR) is 593 cm³/mol. The fraction of sp³-hybridized carbons (Fsp3) is 0.463. The molecule has 0 spiro atoms. The topological polar surface area (TPSA) is 274 Å². The van der Waals surface area contributed by atoms with Crippen LogP contribution >= 0.6 is 0 Å². The molecule has 15 aromatic rings. The van der Waals surface area contributed by atoms with Crippen molar-refractivity contribution in [3.8, 4) is 11.5 Å². The van der Waals surface area contributed by atoms with Crippen LogP contribution in [0.3, 0.4) is 0 Å². The summed E-state index contributed by atoms with van der Waals surface area (Å²) in [5.41, 5.74) is 13.3. The van der Waals surface area contributed by atoms with Gasteiger partial charge in [0, 0.05) is 118 Å². The highest BCUT2D eigenvalue weighted by molar-refractivity contribution is 5.98. The van der Waals surface area contributed by atoms with Crippen molar-refractivity contribution in [2.45, 2.75) is 309 Å². The van der Waals surface area contributed by atoms with Crippen LogP contribution in [0.25, 0.3) is 55.8 Å². The number of carbonyl (C=O) groups is 5. The maximum atomic E-state index is 13.7. The fourth-order valence-corrected chi connectivity index (χ4v) is 19.5. The van der Waals surface area contributed by atoms with Gasteiger partial charge in [0.25, 0.3) is 29.5 Å². The lowest BCUT2D eigenvalue weighted by atomic mass is 10.1. The molecule has 0 saturated heterocycles. The van der Waals surface area contributed by atoms with Gasteiger partial charge in [-0.15, -0.1) is 0 Å². The first kappa shape index (κ1) is 112. The Balaban J connectivity index is 0.000000155. The Hall–Kier alpha value is -13.9. The number of halogens is 1. The minimum absolute atomic E-state index is 0.0234. The van der Waals surface area contributed by atoms with Crippen LogP contribution in [0.5, 0.6) is 11.5 Å². The van der Waals surface area contributed by atoms with Crippen molar-refractivity contribution < 1.29 is 37.8 Å². The van der Waals surface area contributed by atoms with E-state index >= 15 is 0 Å². The van der Waals surface area contributed by atoms with Crippen LogP contribution < -0.4 is 9.47 Å². The van der Waals surface area contributed by atoms with Crippen molar-refractivity contribution in [3.05, 3.63) is 287 Å². The number of imidazole rings is 5. The zero-order chi connectivity index (χ0) is 106. The average Bonchev–Trinajstić information content (AvgIpc) is 1.63. The number of ether oxygens (including phenoxy) is 2. The molecule has 0 N–H and O–H groups in total. The van der Waals surface area contributed by atoms with E-state index < -0.39 is 5.82 Å². The van der Waals surface area contributed by atoms with Crippen molar-refractivity contribution in [2.75, 3.05) is 39.8 Å². The van der Waals surface area contributed by atoms with Crippen LogP contribution in [0.2, 0.25) is 0 Å². The molecular weight excluding hydrogens is 1860 g/mol. The Kier molecular flexibility index (Phi) is 43.0. The number of aryl methyl sites for hydroxylation is 4. The van der Waals surface area contributed by atoms with E-state index in [2.05, 4.69) is 143 Å². The second-order valence-electron chi connectivity index (χ2n) is 40.8. The van der Waals surface area contributed by atoms with Crippen molar-refractivity contribution in [1.82, 2.24) is 97.2 Å². The Morgan fingerprint density at radius 3 is 1.13 bits per heavy atom. The molecule has 0 atom stereocenters. The lowest BCUT2D eigenvalue weighted by Gasteiger charge is -2.26. The van der Waals surface area contributed by atoms with Crippen molar-refractivity contribution in [1.29, 1.82) is 0 Å². The Morgan fingerprint density at radius 2 is 0.718 bits per heavy atom. The highest BCUT2D eigenvalue weighted by atomic mass is 19.1. The Morgan fingerprint density at radius 1 is 0.356 bits per heavy atom. The molecule has 790 valence electrons. The van der Waals surface area contributed by atoms with Gasteiger partial charge in [0.05, 0.1) is 51.5 Å². The number of methoxy groups -OCH3 is 1. The number of hydrogen-bond donors (Lipinski definition) is 0. The summed E-state index contributed by atoms with van der Waals surface area (Å²) in [5.74, 6) is 6.86. The number of rotatable bonds is 45. The summed E-state index contributed by atoms with van der Waals surface area (Å²) in [4.78, 5) is 123. The lowest BCUT2D eigenvalue weighted by molar-refractivity contribution is 0.0710. The van der Waals surface area contributed by atoms with Gasteiger partial charge in [-0.25, -0.2) is 54.2 Å². The number of carbonyl (C=O) groups excluding carboxylic acids is 5. The average molecular weight is 2020 g/mol. The normalized spacial score (nSPS) is 12.6. The number of benzene rings is 5. The van der Waals surface area contributed by atoms with Gasteiger partial charge in [0.15, 0.2) is 28.2 Å². The first-order valence-electron chi connectivity index (χ1n) is 54.7. The summed E-state index contributed by atoms with van der Waals surface area (Å²) in [5, 5.41) is 0. The molecule has 0 aliphatic heterocycles. The zero-order valence-corrected chi connectivity index (χ0v) is 90.7. The summed E-state index contributed by atoms with van der Waals surface area (Å²) in [6.07, 6.45) is 33.1. The van der Waals surface area contributed by atoms with Crippen LogP contribution in [0.4, 0.5) is 4.39 Å². The first-order chi connectivity index (χ1) is 72.4. The molecular formula is C121H157FN20O7. The second-order valence-corrected chi connectivity index (χ2v) is 40.8. The molecule has 17 rings (SSSR count). The van der Waals surface area contributed by atoms with Gasteiger partial charge in [-0.1, -0.05) is 189 Å². The second kappa shape index (κ2) is 57.0. The van der Waals surface area contributed by atoms with Crippen LogP contribution in [0.1, 0.15) is 330 Å². The van der Waals surface area contributed by atoms with E-state index in [1.807, 2.05) is 202 Å². The fourth-order valence-electron chi connectivity index (χ4n) is 19.5. The summed E-state index contributed by atoms with van der Waals surface area (Å²) in [6.45, 7) is 38.2. The third-order valence-electron chi connectivity index (χ3n) is 27.1. The molecule has 0 bridgehead atoms. The number of hydrogen-bond acceptors (Lipinski definition) is 17. The smallest absolute Gasteiger partial charge is 0.258 e. The summed E-state index contributed by atoms with van der Waals surface area (Å²) >= 11 is 0. The molecule has 149 heavy (non-hydrogen) atoms. The molecule has 2 fully saturated rings. The molecule has 5 amide bonds. The van der Waals surface area contributed by atoms with Crippen LogP contribution in [-0.4, -0.2) is 173 Å². The summed E-state index contributed by atoms with van der Waals surface area (Å²) in [6, 6.07) is 58.8. The van der Waals surface area contributed by atoms with E-state index in [0.717, 1.165) is 231 Å². The molecule has 2 aliphatic carbocycles. The molecule has 2 saturated carbocycles. The standard InChI is InChI=1S/C26H36N4O.C25H34N4O2.C24H29FN4O.C23H30N4O2.C23H28N4O/c1-5-7-9-21-11-13-22(14-12-21)26(31)29(18-15-20(3)4)19-24-28-23-10-8-16-27-25(23)30(24)17-6-2;1-5-7-8-17-28(25(30)20-11-13-21(14-12-20)31-19(3)4)18-23-27-22-10-9-15-26-24(22)29(23)16-6-2;1-2-3-6-15-28(24(30)18-9-7-10-19(25)16-18)17-22-27-21-13-8-14-26-23(21)29(22)20-11-4-5-12-20;1-5-14-27-21(25-19-10-8-13-24-22(19)27)16-26(15-12-17(2)3)23(28)18-9-6-7-11-20(18)29-4;1-17(2)15-26(23(28)18-9-4-3-5-10-18)16-21-25-20-13-8-14-24-22(20)27(21)19-11-6-7-12-19/h8,10-14,16,20H,5-7,9,15,17-19H2,1-4H3;9-15,19H,5-8,16-18H2,1-4H3;7-10,13-14,16,20H,2-6,11-12,15,17H2,1H3;6-11,13,17H,5,12,14-16H2,1-4H3;3-5,8-10,13-14,17,19H,6-7,11-12,15-16H2,1-2H3. The maximum absolute atomic E-state index is 13.7. The van der Waals surface area contributed by atoms with Gasteiger partial charge >= 0.3 is 0 Å². The lowest BCUT2D eigenvalue weighted by Crippen LogP contribution is -2.35. The minimum atomic E-state index is -0.392. The molecule has 10 heterocycles. The number of nitrogens with zero attached hydrogens (tertiary/aromatic N) is 20. The molecule has 10 aromatic heterocycles. The molecule has 27 nitrogen and oxygen atoms in total. The van der Waals surface area contributed by atoms with Gasteiger partial charge in [0.1, 0.15) is 74.0 Å². The van der Waals surface area contributed by atoms with Crippen LogP contribution in [-0.2, 0) is 58.8 Å². The third-order valence-corrected chi connectivity index (χ3v) is 27.1. The number of unbranched alkanes of at least 4 members (excludes halogenated alkanes) is 5. The van der Waals surface area contributed by atoms with Crippen LogP contribution in [0, 0.1) is 23.6 Å². The van der Waals surface area contributed by atoms with Crippen molar-refractivity contribution in [2.24, 2.45) is 17.8 Å². The zero-order valence-electron chi connectivity index (χ0n) is 90.7. The number of aromatic nitrogens is 15. The van der Waals surface area contributed by atoms with Crippen molar-refractivity contribution >= 4 is 85.4 Å². The summed E-state index contributed by atoms with van der Waals surface area (Å²) < 4.78 is 35.9. The molecule has 5 aromatic carbocycles. The highest BCUT2D eigenvalue weighted by Crippen LogP contribution is 2.37. The molecule has 0 unspecified atom stereocenters. The Bertz CT molecular complexity index is 6730. The molecule has 0 radical (unpaired) electrons. The van der Waals surface area contributed by atoms with Gasteiger partial charge in [0.2, 0.25) is 0 Å². The molecule has 2 aliphatic rings. The van der Waals surface area contributed by atoms with Gasteiger partial charge in [-0.3, -0.25) is 24.0 Å². The van der Waals surface area contributed by atoms with Crippen LogP contribution in [0.15, 0.2) is 219 Å². The van der Waals surface area contributed by atoms with E-state index in [4.69, 9.17) is 34.4 Å². The largest absolute Gasteiger partial charge is 0.496 e. The van der Waals surface area contributed by atoms with E-state index in [1.54, 1.807) is 37.8 Å². The van der Waals surface area contributed by atoms with Gasteiger partial charge in [-0.05, 0) is 260 Å². The van der Waals surface area contributed by atoms with Crippen molar-refractivity contribution in [3.63, 3.8) is 0 Å². The highest BCUT2D eigenvalue weighted by Gasteiger charge is 2.32. The third kappa shape index (κ3) is 30.9. The quantitative estimate of drug-likeness (QED) is 0.0321. The van der Waals surface area contributed by atoms with E-state index in [9.17, 15) is 28.4 Å². The SMILES string of the molecule is CC(C)CN(Cc1nc2cccnc2n1C1CCCC1)C(=O)c1ccccc1.CCCCCN(Cc1nc2cccnc2n1C1CCCC1)C(=O)c1cccc(F)c1.CCCCCN(Cc1nc2cccnc2n1CCC)C(=O)c1ccc(OC(C)C)cc1.CCCCc1ccc(C(=O)N(CCC(C)C)Cc2nc3cccnc3n2CCC)cc1.CCCn1c(CN(CCC(C)C)C(=O)c2ccccc2OC)nc2cccnc21. The Labute approximate surface area is 880 Å². The first-order valence-corrected chi connectivity index (χ1v) is 54.7. The predicted octanol–water partition coefficient (Wildman–Crippen LogP) is 26.2. The number of pyridine rings is 5. The summed E-state index contributed by atoms with van der Waals surface area (Å²) in [7, 11) is 1.59. The monoisotopic (exact) mass is 2020 g/mol. The maximum Gasteiger partial charge on any atom is 0.258 e. The van der Waals surface area contributed by atoms with Gasteiger partial charge in [-0.2, -0.15) is 0 Å². The number of fused-ring (bicyclic) bond motifs is 5. The van der Waals surface area contributed by atoms with E-state index in [0.29, 0.717) is 111 Å². The number of amides is 5. The van der Waals surface area contributed by atoms with Gasteiger partial charge < -0.3 is 56.8 Å². The molecule has 28 heteroatoms. The van der Waals surface area contributed by atoms with E-state index in [-0.39, 0.29) is 35.6 Å². The van der Waals surface area contributed by atoms with E-state index in [1.165, 1.54) is 56.2 Å². The minimum Gasteiger partial charge on any atom is -0.496 e.